The van der Waals surface area contributed by atoms with Crippen molar-refractivity contribution in [2.45, 2.75) is 13.3 Å². The normalized spacial score (nSPS) is 11.0. The SMILES string of the molecule is CC(=O)SCCC=Cc1ccc(-c2ccno2)cc1. The average Bonchev–Trinajstić information content (AvgIpc) is 2.93. The van der Waals surface area contributed by atoms with Crippen molar-refractivity contribution < 1.29 is 9.32 Å². The van der Waals surface area contributed by atoms with E-state index in [1.54, 1.807) is 13.1 Å². The molecule has 1 aromatic heterocycles. The minimum atomic E-state index is 0.171. The number of aromatic nitrogens is 1. The Balaban J connectivity index is 1.88. The standard InChI is InChI=1S/C15H15NO2S/c1-12(17)19-11-3-2-4-13-5-7-14(8-6-13)15-9-10-16-18-15/h2,4-10H,3,11H2,1H3. The summed E-state index contributed by atoms with van der Waals surface area (Å²) in [7, 11) is 0. The molecule has 98 valence electrons. The highest BCUT2D eigenvalue weighted by Crippen LogP contribution is 2.19. The highest BCUT2D eigenvalue weighted by molar-refractivity contribution is 8.13. The Morgan fingerprint density at radius 2 is 2.11 bits per heavy atom. The summed E-state index contributed by atoms with van der Waals surface area (Å²) in [6, 6.07) is 9.91. The van der Waals surface area contributed by atoms with Gasteiger partial charge >= 0.3 is 0 Å². The molecule has 0 aliphatic carbocycles. The van der Waals surface area contributed by atoms with Crippen LogP contribution in [0, 0.1) is 0 Å². The summed E-state index contributed by atoms with van der Waals surface area (Å²) in [6.07, 6.45) is 6.67. The first kappa shape index (κ1) is 13.6. The third-order valence-corrected chi connectivity index (χ3v) is 3.38. The third-order valence-electron chi connectivity index (χ3n) is 2.53. The van der Waals surface area contributed by atoms with E-state index in [9.17, 15) is 4.79 Å². The molecule has 0 spiro atoms. The second-order valence-corrected chi connectivity index (χ2v) is 5.30. The van der Waals surface area contributed by atoms with Gasteiger partial charge in [-0.3, -0.25) is 4.79 Å². The summed E-state index contributed by atoms with van der Waals surface area (Å²) in [4.78, 5) is 10.8. The van der Waals surface area contributed by atoms with E-state index >= 15 is 0 Å². The lowest BCUT2D eigenvalue weighted by Gasteiger charge is -1.97. The largest absolute Gasteiger partial charge is 0.356 e. The Morgan fingerprint density at radius 1 is 1.32 bits per heavy atom. The van der Waals surface area contributed by atoms with Gasteiger partial charge in [-0.05, 0) is 12.0 Å². The molecule has 1 heterocycles. The van der Waals surface area contributed by atoms with Gasteiger partial charge in [-0.25, -0.2) is 0 Å². The lowest BCUT2D eigenvalue weighted by Crippen LogP contribution is -1.83. The van der Waals surface area contributed by atoms with Crippen LogP contribution in [-0.4, -0.2) is 16.0 Å². The van der Waals surface area contributed by atoms with E-state index in [0.29, 0.717) is 0 Å². The molecule has 4 heteroatoms. The van der Waals surface area contributed by atoms with Crippen molar-refractivity contribution in [1.29, 1.82) is 0 Å². The van der Waals surface area contributed by atoms with Crippen LogP contribution in [0.25, 0.3) is 17.4 Å². The van der Waals surface area contributed by atoms with Gasteiger partial charge in [0.2, 0.25) is 0 Å². The van der Waals surface area contributed by atoms with E-state index in [2.05, 4.69) is 17.3 Å². The van der Waals surface area contributed by atoms with Gasteiger partial charge in [-0.1, -0.05) is 53.3 Å². The van der Waals surface area contributed by atoms with Crippen molar-refractivity contribution >= 4 is 23.0 Å². The second kappa shape index (κ2) is 6.95. The lowest BCUT2D eigenvalue weighted by atomic mass is 10.1. The minimum Gasteiger partial charge on any atom is -0.356 e. The van der Waals surface area contributed by atoms with Crippen molar-refractivity contribution in [3.8, 4) is 11.3 Å². The van der Waals surface area contributed by atoms with Crippen molar-refractivity contribution in [3.63, 3.8) is 0 Å². The van der Waals surface area contributed by atoms with E-state index in [0.717, 1.165) is 29.1 Å². The minimum absolute atomic E-state index is 0.171. The molecule has 19 heavy (non-hydrogen) atoms. The van der Waals surface area contributed by atoms with E-state index in [4.69, 9.17) is 4.52 Å². The fourth-order valence-electron chi connectivity index (χ4n) is 1.61. The van der Waals surface area contributed by atoms with Gasteiger partial charge in [0, 0.05) is 24.3 Å². The number of carbonyl (C=O) groups is 1. The highest BCUT2D eigenvalue weighted by atomic mass is 32.2. The zero-order valence-corrected chi connectivity index (χ0v) is 11.5. The van der Waals surface area contributed by atoms with Crippen molar-refractivity contribution in [3.05, 3.63) is 48.2 Å². The van der Waals surface area contributed by atoms with E-state index < -0.39 is 0 Å². The number of rotatable bonds is 5. The fraction of sp³-hybridized carbons (Fsp3) is 0.200. The number of thioether (sulfide) groups is 1. The van der Waals surface area contributed by atoms with Gasteiger partial charge in [-0.15, -0.1) is 0 Å². The van der Waals surface area contributed by atoms with Crippen molar-refractivity contribution in [2.75, 3.05) is 5.75 Å². The van der Waals surface area contributed by atoms with Crippen molar-refractivity contribution in [1.82, 2.24) is 5.16 Å². The Bertz CT molecular complexity index is 544. The maximum absolute atomic E-state index is 10.8. The number of carbonyl (C=O) groups excluding carboxylic acids is 1. The van der Waals surface area contributed by atoms with E-state index in [1.807, 2.05) is 30.3 Å². The Hall–Kier alpha value is -1.81. The number of benzene rings is 1. The molecule has 3 nitrogen and oxygen atoms in total. The Labute approximate surface area is 116 Å². The monoisotopic (exact) mass is 273 g/mol. The van der Waals surface area contributed by atoms with Crippen LogP contribution < -0.4 is 0 Å². The van der Waals surface area contributed by atoms with Gasteiger partial charge in [0.15, 0.2) is 10.9 Å². The second-order valence-electron chi connectivity index (χ2n) is 4.03. The predicted molar refractivity (Wildman–Crippen MR) is 78.7 cm³/mol. The molecular formula is C15H15NO2S. The van der Waals surface area contributed by atoms with Gasteiger partial charge in [0.05, 0.1) is 6.20 Å². The number of hydrogen-bond acceptors (Lipinski definition) is 4. The van der Waals surface area contributed by atoms with Gasteiger partial charge in [-0.2, -0.15) is 0 Å². The van der Waals surface area contributed by atoms with E-state index in [1.165, 1.54) is 11.8 Å². The first-order chi connectivity index (χ1) is 9.25. The summed E-state index contributed by atoms with van der Waals surface area (Å²) in [5.41, 5.74) is 2.15. The summed E-state index contributed by atoms with van der Waals surface area (Å²) in [5.74, 6) is 1.61. The molecule has 0 aliphatic heterocycles. The smallest absolute Gasteiger partial charge is 0.185 e. The van der Waals surface area contributed by atoms with Crippen molar-refractivity contribution in [2.24, 2.45) is 0 Å². The number of nitrogens with zero attached hydrogens (tertiary/aromatic N) is 1. The molecule has 2 rings (SSSR count). The first-order valence-electron chi connectivity index (χ1n) is 6.07. The Kier molecular flexibility index (Phi) is 4.98. The van der Waals surface area contributed by atoms with Crippen LogP contribution in [0.2, 0.25) is 0 Å². The molecular weight excluding hydrogens is 258 g/mol. The summed E-state index contributed by atoms with van der Waals surface area (Å²) in [6.45, 7) is 1.59. The third kappa shape index (κ3) is 4.41. The number of hydrogen-bond donors (Lipinski definition) is 0. The van der Waals surface area contributed by atoms with Crippen LogP contribution in [0.3, 0.4) is 0 Å². The Morgan fingerprint density at radius 3 is 2.74 bits per heavy atom. The van der Waals surface area contributed by atoms with Gasteiger partial charge in [0.25, 0.3) is 0 Å². The molecule has 0 bridgehead atoms. The quantitative estimate of drug-likeness (QED) is 0.771. The van der Waals surface area contributed by atoms with Gasteiger partial charge < -0.3 is 4.52 Å². The maximum Gasteiger partial charge on any atom is 0.185 e. The fourth-order valence-corrected chi connectivity index (χ4v) is 2.15. The molecule has 2 aromatic rings. The molecule has 0 amide bonds. The van der Waals surface area contributed by atoms with Crippen LogP contribution in [0.4, 0.5) is 0 Å². The molecule has 0 radical (unpaired) electrons. The molecule has 0 aliphatic rings. The summed E-state index contributed by atoms with van der Waals surface area (Å²) in [5, 5.41) is 3.86. The molecule has 1 aromatic carbocycles. The van der Waals surface area contributed by atoms with Crippen LogP contribution >= 0.6 is 11.8 Å². The predicted octanol–water partition coefficient (Wildman–Crippen LogP) is 4.02. The maximum atomic E-state index is 10.8. The molecule has 0 unspecified atom stereocenters. The molecule has 0 fully saturated rings. The highest BCUT2D eigenvalue weighted by Gasteiger charge is 2.00. The van der Waals surface area contributed by atoms with E-state index in [-0.39, 0.29) is 5.12 Å². The lowest BCUT2D eigenvalue weighted by molar-refractivity contribution is -0.109. The molecule has 0 saturated carbocycles. The zero-order chi connectivity index (χ0) is 13.5. The number of allylic oxidation sites excluding steroid dienone is 1. The zero-order valence-electron chi connectivity index (χ0n) is 10.7. The topological polar surface area (TPSA) is 43.1 Å². The molecule has 0 saturated heterocycles. The molecule has 0 N–H and O–H groups in total. The van der Waals surface area contributed by atoms with Crippen LogP contribution in [0.1, 0.15) is 18.9 Å². The van der Waals surface area contributed by atoms with Gasteiger partial charge in [0.1, 0.15) is 0 Å². The van der Waals surface area contributed by atoms with Crippen LogP contribution in [-0.2, 0) is 4.79 Å². The first-order valence-corrected chi connectivity index (χ1v) is 7.05. The molecule has 0 atom stereocenters. The van der Waals surface area contributed by atoms with Crippen LogP contribution in [0.5, 0.6) is 0 Å². The summed E-state index contributed by atoms with van der Waals surface area (Å²) >= 11 is 1.36. The average molecular weight is 273 g/mol. The summed E-state index contributed by atoms with van der Waals surface area (Å²) < 4.78 is 5.09. The van der Waals surface area contributed by atoms with Crippen LogP contribution in [0.15, 0.2) is 47.1 Å².